The van der Waals surface area contributed by atoms with Crippen molar-refractivity contribution in [3.63, 3.8) is 0 Å². The first-order valence-electron chi connectivity index (χ1n) is 7.45. The van der Waals surface area contributed by atoms with Gasteiger partial charge in [-0.15, -0.1) is 0 Å². The smallest absolute Gasteiger partial charge is 0.0969 e. The van der Waals surface area contributed by atoms with Gasteiger partial charge in [-0.25, -0.2) is 0 Å². The fourth-order valence-corrected chi connectivity index (χ4v) is 3.54. The summed E-state index contributed by atoms with van der Waals surface area (Å²) >= 11 is 0. The van der Waals surface area contributed by atoms with Crippen LogP contribution in [0.5, 0.6) is 0 Å². The monoisotopic (exact) mass is 254 g/mol. The number of aliphatic hydroxyl groups is 2. The molecule has 12 heteroatoms. The summed E-state index contributed by atoms with van der Waals surface area (Å²) in [7, 11) is 29.2. The first kappa shape index (κ1) is 18.6. The van der Waals surface area contributed by atoms with Crippen LogP contribution in [0.15, 0.2) is 0 Å². The highest BCUT2D eigenvalue weighted by Gasteiger charge is 2.56. The predicted octanol–water partition coefficient (Wildman–Crippen LogP) is -2.60. The Balaban J connectivity index is 2.71. The molecule has 0 aromatic carbocycles. The van der Waals surface area contributed by atoms with Gasteiger partial charge < -0.3 is 10.2 Å². The minimum Gasteiger partial charge on any atom is -0.396 e. The van der Waals surface area contributed by atoms with Gasteiger partial charge in [-0.1, -0.05) is 24.5 Å². The minimum absolute atomic E-state index is 0.123. The molecule has 0 bridgehead atoms. The van der Waals surface area contributed by atoms with E-state index in [0.717, 1.165) is 25.7 Å². The first-order valence-corrected chi connectivity index (χ1v) is 7.45. The largest absolute Gasteiger partial charge is 0.396 e. The fraction of sp³-hybridized carbons (Fsp3) is 1.00. The average Bonchev–Trinajstić information content (AvgIpc) is 3.06. The van der Waals surface area contributed by atoms with Crippen LogP contribution in [-0.4, -0.2) is 94.3 Å². The van der Waals surface area contributed by atoms with Gasteiger partial charge in [0, 0.05) is 77.4 Å². The Kier molecular flexibility index (Phi) is 8.26. The summed E-state index contributed by atoms with van der Waals surface area (Å²) < 4.78 is 0. The van der Waals surface area contributed by atoms with E-state index in [1.54, 1.807) is 0 Å². The Morgan fingerprint density at radius 1 is 0.800 bits per heavy atom. The molecule has 2 unspecified atom stereocenters. The molecule has 0 saturated carbocycles. The Bertz CT molecular complexity index is 266. The topological polar surface area (TPSA) is 40.5 Å². The van der Waals surface area contributed by atoms with Crippen LogP contribution >= 0.6 is 0 Å². The van der Waals surface area contributed by atoms with Crippen LogP contribution in [0, 0.1) is 0 Å². The van der Waals surface area contributed by atoms with Crippen molar-refractivity contribution in [2.45, 2.75) is 37.3 Å². The number of rotatable bonds is 10. The van der Waals surface area contributed by atoms with Crippen molar-refractivity contribution in [1.29, 1.82) is 0 Å². The molecule has 1 rings (SSSR count). The van der Waals surface area contributed by atoms with Crippen molar-refractivity contribution in [2.75, 3.05) is 13.2 Å². The number of hydrogen-bond acceptors (Lipinski definition) is 2. The van der Waals surface area contributed by atoms with Crippen molar-refractivity contribution in [1.82, 2.24) is 0 Å². The average molecular weight is 252 g/mol. The van der Waals surface area contributed by atoms with E-state index >= 15 is 0 Å². The molecule has 1 aliphatic heterocycles. The van der Waals surface area contributed by atoms with E-state index in [0.29, 0.717) is 11.6 Å². The van der Waals surface area contributed by atoms with Gasteiger partial charge in [0.25, 0.3) is 0 Å². The maximum Gasteiger partial charge on any atom is 0.0969 e. The molecular formula is C8H16B10O2. The predicted molar refractivity (Wildman–Crippen MR) is 97.7 cm³/mol. The lowest BCUT2D eigenvalue weighted by atomic mass is 8.57. The third-order valence-corrected chi connectivity index (χ3v) is 4.57. The van der Waals surface area contributed by atoms with Gasteiger partial charge in [-0.2, -0.15) is 0 Å². The molecule has 0 spiro atoms. The third-order valence-electron chi connectivity index (χ3n) is 4.57. The molecule has 1 fully saturated rings. The van der Waals surface area contributed by atoms with Crippen molar-refractivity contribution < 1.29 is 10.2 Å². The van der Waals surface area contributed by atoms with E-state index in [1.165, 1.54) is 0 Å². The Labute approximate surface area is 132 Å². The Hall–Kier alpha value is 0.569. The maximum absolute atomic E-state index is 8.98. The van der Waals surface area contributed by atoms with E-state index < -0.39 is 19.2 Å². The third kappa shape index (κ3) is 4.80. The minimum atomic E-state index is -0.646. The number of hydrogen-bond donors (Lipinski definition) is 2. The van der Waals surface area contributed by atoms with Gasteiger partial charge in [0.1, 0.15) is 0 Å². The molecule has 0 aromatic rings. The lowest BCUT2D eigenvalue weighted by Crippen LogP contribution is -2.63. The lowest BCUT2D eigenvalue weighted by molar-refractivity contribution is 0.279. The summed E-state index contributed by atoms with van der Waals surface area (Å²) in [6, 6.07) is 0. The van der Waals surface area contributed by atoms with Crippen LogP contribution in [-0.2, 0) is 0 Å². The van der Waals surface area contributed by atoms with Gasteiger partial charge in [0.15, 0.2) is 0 Å². The lowest BCUT2D eigenvalue weighted by Gasteiger charge is -2.26. The zero-order valence-corrected chi connectivity index (χ0v) is 12.1. The summed E-state index contributed by atoms with van der Waals surface area (Å²) in [5.74, 6) is 0.885. The highest BCUT2D eigenvalue weighted by atomic mass is 16.3. The molecule has 90 valence electrons. The van der Waals surface area contributed by atoms with Crippen LogP contribution in [0.3, 0.4) is 0 Å². The second kappa shape index (κ2) is 8.88. The van der Waals surface area contributed by atoms with Crippen molar-refractivity contribution in [2.24, 2.45) is 0 Å². The molecule has 20 heavy (non-hydrogen) atoms. The molecule has 1 aliphatic rings. The summed E-state index contributed by atoms with van der Waals surface area (Å²) in [5.41, 5.74) is 0. The second-order valence-electron chi connectivity index (χ2n) is 5.95. The zero-order valence-electron chi connectivity index (χ0n) is 12.1. The Morgan fingerprint density at radius 2 is 1.25 bits per heavy atom. The molecule has 2 N–H and O–H groups in total. The highest BCUT2D eigenvalue weighted by Crippen LogP contribution is 2.56. The highest BCUT2D eigenvalue weighted by molar-refractivity contribution is 8.01. The van der Waals surface area contributed by atoms with Gasteiger partial charge >= 0.3 is 0 Å². The van der Waals surface area contributed by atoms with E-state index in [4.69, 9.17) is 48.9 Å². The SMILES string of the molecule is [B]B([B])B([B])B(B([B])[B])B1C(CCCO)C1CCCO. The van der Waals surface area contributed by atoms with Crippen LogP contribution in [0.4, 0.5) is 0 Å². The summed E-state index contributed by atoms with van der Waals surface area (Å²) in [6.45, 7) is 0.646. The van der Waals surface area contributed by atoms with E-state index in [2.05, 4.69) is 0 Å². The van der Waals surface area contributed by atoms with E-state index in [1.807, 2.05) is 0 Å². The van der Waals surface area contributed by atoms with Crippen LogP contribution < -0.4 is 0 Å². The van der Waals surface area contributed by atoms with Crippen LogP contribution in [0.1, 0.15) is 25.7 Å². The maximum atomic E-state index is 8.98. The molecule has 0 amide bonds. The van der Waals surface area contributed by atoms with E-state index in [9.17, 15) is 0 Å². The fourth-order valence-electron chi connectivity index (χ4n) is 3.54. The summed E-state index contributed by atoms with van der Waals surface area (Å²) in [4.78, 5) is 0. The normalized spacial score (nSPS) is 20.6. The summed E-state index contributed by atoms with van der Waals surface area (Å²) in [5, 5.41) is 18.0. The molecular weight excluding hydrogens is 236 g/mol. The van der Waals surface area contributed by atoms with E-state index in [-0.39, 0.29) is 26.2 Å². The number of aliphatic hydroxyl groups excluding tert-OH is 2. The standard InChI is InChI=1S/C8H16B10O2/c9-15(10)17(13)18(16(11)12)14-7(3-1-5-19)8(14)4-2-6-20/h7-8,19-20H,1-6H2. The zero-order chi connectivity index (χ0) is 15.3. The van der Waals surface area contributed by atoms with Gasteiger partial charge in [-0.05, 0) is 12.8 Å². The van der Waals surface area contributed by atoms with Crippen LogP contribution in [0.25, 0.3) is 0 Å². The molecule has 0 aliphatic carbocycles. The van der Waals surface area contributed by atoms with Crippen molar-refractivity contribution >= 4 is 70.8 Å². The molecule has 1 saturated heterocycles. The van der Waals surface area contributed by atoms with Gasteiger partial charge in [0.05, 0.1) is 6.60 Å². The van der Waals surface area contributed by atoms with Gasteiger partial charge in [-0.3, -0.25) is 0 Å². The van der Waals surface area contributed by atoms with Crippen molar-refractivity contribution in [3.8, 4) is 0 Å². The first-order chi connectivity index (χ1) is 9.45. The molecule has 2 nitrogen and oxygen atoms in total. The molecule has 2 atom stereocenters. The second-order valence-corrected chi connectivity index (χ2v) is 5.95. The van der Waals surface area contributed by atoms with Crippen LogP contribution in [0.2, 0.25) is 11.6 Å². The van der Waals surface area contributed by atoms with Gasteiger partial charge in [0.2, 0.25) is 0 Å². The molecule has 0 aromatic heterocycles. The molecule has 10 radical (unpaired) electrons. The summed E-state index contributed by atoms with van der Waals surface area (Å²) in [6.07, 6.45) is 1.60. The molecule has 1 heterocycles. The Morgan fingerprint density at radius 3 is 1.55 bits per heavy atom. The van der Waals surface area contributed by atoms with Crippen molar-refractivity contribution in [3.05, 3.63) is 0 Å². The quantitative estimate of drug-likeness (QED) is 0.419.